The van der Waals surface area contributed by atoms with E-state index in [0.29, 0.717) is 12.5 Å². The number of aryl methyl sites for hydroxylation is 1. The van der Waals surface area contributed by atoms with Crippen LogP contribution in [0, 0.1) is 0 Å². The third-order valence-electron chi connectivity index (χ3n) is 2.28. The first-order valence-corrected chi connectivity index (χ1v) is 5.29. The minimum absolute atomic E-state index is 0.372. The summed E-state index contributed by atoms with van der Waals surface area (Å²) in [5.41, 5.74) is 6.65. The lowest BCUT2D eigenvalue weighted by molar-refractivity contribution is 0.639. The summed E-state index contributed by atoms with van der Waals surface area (Å²) in [7, 11) is 0. The van der Waals surface area contributed by atoms with E-state index in [-0.39, 0.29) is 0 Å². The van der Waals surface area contributed by atoms with Gasteiger partial charge in [0.2, 0.25) is 0 Å². The first-order chi connectivity index (χ1) is 6.77. The monoisotopic (exact) mass is 193 g/mol. The highest BCUT2D eigenvalue weighted by molar-refractivity contribution is 5.05. The Balaban J connectivity index is 2.71. The van der Waals surface area contributed by atoms with Gasteiger partial charge in [0.25, 0.3) is 0 Å². The fraction of sp³-hybridized carbons (Fsp3) is 0.636. The molecule has 1 aromatic rings. The molecule has 3 nitrogen and oxygen atoms in total. The topological polar surface area (TPSA) is 51.8 Å². The molecule has 14 heavy (non-hydrogen) atoms. The molecular formula is C11H19N3. The van der Waals surface area contributed by atoms with Crippen LogP contribution in [0.2, 0.25) is 0 Å². The Hall–Kier alpha value is -0.960. The largest absolute Gasteiger partial charge is 0.330 e. The highest BCUT2D eigenvalue weighted by Crippen LogP contribution is 2.13. The van der Waals surface area contributed by atoms with Crippen molar-refractivity contribution in [2.45, 2.75) is 39.0 Å². The van der Waals surface area contributed by atoms with Crippen molar-refractivity contribution in [1.29, 1.82) is 0 Å². The highest BCUT2D eigenvalue weighted by atomic mass is 14.9. The van der Waals surface area contributed by atoms with Crippen molar-refractivity contribution in [3.63, 3.8) is 0 Å². The predicted molar refractivity (Wildman–Crippen MR) is 58.1 cm³/mol. The second kappa shape index (κ2) is 5.70. The van der Waals surface area contributed by atoms with Gasteiger partial charge in [-0.05, 0) is 25.5 Å². The SMILES string of the molecule is CCCc1ccnc(C(C)CCN)n1. The van der Waals surface area contributed by atoms with Gasteiger partial charge in [-0.3, -0.25) is 0 Å². The van der Waals surface area contributed by atoms with Crippen molar-refractivity contribution in [1.82, 2.24) is 9.97 Å². The zero-order chi connectivity index (χ0) is 10.4. The van der Waals surface area contributed by atoms with E-state index in [2.05, 4.69) is 23.8 Å². The summed E-state index contributed by atoms with van der Waals surface area (Å²) in [6.07, 6.45) is 4.96. The van der Waals surface area contributed by atoms with Crippen molar-refractivity contribution in [2.75, 3.05) is 6.54 Å². The van der Waals surface area contributed by atoms with E-state index in [0.717, 1.165) is 30.8 Å². The summed E-state index contributed by atoms with van der Waals surface area (Å²) in [4.78, 5) is 8.79. The van der Waals surface area contributed by atoms with Crippen molar-refractivity contribution in [3.8, 4) is 0 Å². The van der Waals surface area contributed by atoms with Crippen molar-refractivity contribution >= 4 is 0 Å². The maximum absolute atomic E-state index is 5.51. The van der Waals surface area contributed by atoms with Crippen LogP contribution in [0.3, 0.4) is 0 Å². The molecule has 0 amide bonds. The molecule has 2 N–H and O–H groups in total. The van der Waals surface area contributed by atoms with Gasteiger partial charge in [-0.15, -0.1) is 0 Å². The van der Waals surface area contributed by atoms with Gasteiger partial charge in [-0.25, -0.2) is 9.97 Å². The van der Waals surface area contributed by atoms with Crippen LogP contribution in [-0.4, -0.2) is 16.5 Å². The smallest absolute Gasteiger partial charge is 0.131 e. The van der Waals surface area contributed by atoms with Crippen LogP contribution in [0.4, 0.5) is 0 Å². The lowest BCUT2D eigenvalue weighted by Crippen LogP contribution is -2.08. The standard InChI is InChI=1S/C11H19N3/c1-3-4-10-6-8-13-11(14-10)9(2)5-7-12/h6,8-9H,3-5,7,12H2,1-2H3. The van der Waals surface area contributed by atoms with E-state index >= 15 is 0 Å². The maximum Gasteiger partial charge on any atom is 0.131 e. The molecular weight excluding hydrogens is 174 g/mol. The fourth-order valence-corrected chi connectivity index (χ4v) is 1.42. The molecule has 1 heterocycles. The minimum atomic E-state index is 0.372. The van der Waals surface area contributed by atoms with Gasteiger partial charge in [-0.1, -0.05) is 20.3 Å². The highest BCUT2D eigenvalue weighted by Gasteiger charge is 2.07. The van der Waals surface area contributed by atoms with Gasteiger partial charge in [0, 0.05) is 17.8 Å². The number of rotatable bonds is 5. The first-order valence-electron chi connectivity index (χ1n) is 5.29. The number of nitrogens with zero attached hydrogens (tertiary/aromatic N) is 2. The Morgan fingerprint density at radius 1 is 1.50 bits per heavy atom. The Labute approximate surface area is 85.8 Å². The van der Waals surface area contributed by atoms with Crippen molar-refractivity contribution < 1.29 is 0 Å². The van der Waals surface area contributed by atoms with Gasteiger partial charge in [0.15, 0.2) is 0 Å². The van der Waals surface area contributed by atoms with Crippen LogP contribution >= 0.6 is 0 Å². The quantitative estimate of drug-likeness (QED) is 0.776. The van der Waals surface area contributed by atoms with Gasteiger partial charge in [0.05, 0.1) is 0 Å². The number of nitrogens with two attached hydrogens (primary N) is 1. The zero-order valence-electron chi connectivity index (χ0n) is 9.03. The van der Waals surface area contributed by atoms with E-state index in [1.807, 2.05) is 12.3 Å². The van der Waals surface area contributed by atoms with Crippen LogP contribution < -0.4 is 5.73 Å². The lowest BCUT2D eigenvalue weighted by Gasteiger charge is -2.09. The van der Waals surface area contributed by atoms with E-state index in [1.165, 1.54) is 0 Å². The summed E-state index contributed by atoms with van der Waals surface area (Å²) in [6.45, 7) is 4.98. The summed E-state index contributed by atoms with van der Waals surface area (Å²) >= 11 is 0. The van der Waals surface area contributed by atoms with Crippen LogP contribution in [0.25, 0.3) is 0 Å². The van der Waals surface area contributed by atoms with Gasteiger partial charge in [-0.2, -0.15) is 0 Å². The van der Waals surface area contributed by atoms with E-state index in [9.17, 15) is 0 Å². The average molecular weight is 193 g/mol. The second-order valence-corrected chi connectivity index (χ2v) is 3.63. The predicted octanol–water partition coefficient (Wildman–Crippen LogP) is 1.88. The molecule has 0 radical (unpaired) electrons. The molecule has 78 valence electrons. The number of hydrogen-bond donors (Lipinski definition) is 1. The van der Waals surface area contributed by atoms with Crippen molar-refractivity contribution in [3.05, 3.63) is 23.8 Å². The summed E-state index contributed by atoms with van der Waals surface area (Å²) in [6, 6.07) is 1.99. The van der Waals surface area contributed by atoms with Gasteiger partial charge in [0.1, 0.15) is 5.82 Å². The second-order valence-electron chi connectivity index (χ2n) is 3.63. The van der Waals surface area contributed by atoms with Crippen LogP contribution in [-0.2, 0) is 6.42 Å². The molecule has 0 aliphatic carbocycles. The summed E-state index contributed by atoms with van der Waals surface area (Å²) < 4.78 is 0. The molecule has 0 fully saturated rings. The van der Waals surface area contributed by atoms with E-state index < -0.39 is 0 Å². The molecule has 0 bridgehead atoms. The molecule has 0 saturated heterocycles. The molecule has 0 spiro atoms. The Morgan fingerprint density at radius 3 is 2.93 bits per heavy atom. The molecule has 0 aliphatic heterocycles. The first kappa shape index (κ1) is 11.1. The Bertz CT molecular complexity index is 273. The number of aromatic nitrogens is 2. The molecule has 0 aromatic carbocycles. The third kappa shape index (κ3) is 3.07. The molecule has 1 atom stereocenters. The normalized spacial score (nSPS) is 12.8. The van der Waals surface area contributed by atoms with Gasteiger partial charge < -0.3 is 5.73 Å². The van der Waals surface area contributed by atoms with Crippen LogP contribution in [0.5, 0.6) is 0 Å². The molecule has 3 heteroatoms. The minimum Gasteiger partial charge on any atom is -0.330 e. The molecule has 1 unspecified atom stereocenters. The lowest BCUT2D eigenvalue weighted by atomic mass is 10.1. The Kier molecular flexibility index (Phi) is 4.53. The summed E-state index contributed by atoms with van der Waals surface area (Å²) in [5, 5.41) is 0. The zero-order valence-corrected chi connectivity index (χ0v) is 9.03. The third-order valence-corrected chi connectivity index (χ3v) is 2.28. The molecule has 1 aromatic heterocycles. The van der Waals surface area contributed by atoms with E-state index in [4.69, 9.17) is 5.73 Å². The van der Waals surface area contributed by atoms with Crippen LogP contribution in [0.1, 0.15) is 44.1 Å². The fourth-order valence-electron chi connectivity index (χ4n) is 1.42. The van der Waals surface area contributed by atoms with Crippen LogP contribution in [0.15, 0.2) is 12.3 Å². The van der Waals surface area contributed by atoms with E-state index in [1.54, 1.807) is 0 Å². The van der Waals surface area contributed by atoms with Gasteiger partial charge >= 0.3 is 0 Å². The molecule has 1 rings (SSSR count). The molecule has 0 saturated carbocycles. The Morgan fingerprint density at radius 2 is 2.29 bits per heavy atom. The maximum atomic E-state index is 5.51. The summed E-state index contributed by atoms with van der Waals surface area (Å²) in [5.74, 6) is 1.30. The molecule has 0 aliphatic rings. The van der Waals surface area contributed by atoms with Crippen molar-refractivity contribution in [2.24, 2.45) is 5.73 Å². The number of hydrogen-bond acceptors (Lipinski definition) is 3. The average Bonchev–Trinajstić information content (AvgIpc) is 2.19.